The lowest BCUT2D eigenvalue weighted by Gasteiger charge is -2.32. The lowest BCUT2D eigenvalue weighted by molar-refractivity contribution is 1.13. The first-order chi connectivity index (χ1) is 13.6. The third-order valence-electron chi connectivity index (χ3n) is 6.71. The summed E-state index contributed by atoms with van der Waals surface area (Å²) >= 11 is 0. The highest BCUT2D eigenvalue weighted by molar-refractivity contribution is 6.87. The molecule has 0 aliphatic heterocycles. The minimum atomic E-state index is -1.77. The summed E-state index contributed by atoms with van der Waals surface area (Å²) in [4.78, 5) is 0. The van der Waals surface area contributed by atoms with Crippen molar-refractivity contribution in [3.8, 4) is 0 Å². The first-order valence-corrected chi connectivity index (χ1v) is 13.3. The van der Waals surface area contributed by atoms with Crippen LogP contribution in [0.2, 0.25) is 13.1 Å². The molecule has 0 aromatic heterocycles. The zero-order valence-corrected chi connectivity index (χ0v) is 17.9. The van der Waals surface area contributed by atoms with Crippen LogP contribution in [0.1, 0.15) is 40.3 Å². The average Bonchev–Trinajstić information content (AvgIpc) is 3.28. The molecule has 0 bridgehead atoms. The molecule has 0 fully saturated rings. The Morgan fingerprint density at radius 3 is 2.18 bits per heavy atom. The molecular formula is C27H26Si. The number of hydrogen-bond acceptors (Lipinski definition) is 0. The second-order valence-electron chi connectivity index (χ2n) is 8.69. The molecule has 0 saturated heterocycles. The maximum absolute atomic E-state index is 2.58. The number of allylic oxidation sites excluding steroid dienone is 3. The van der Waals surface area contributed by atoms with Gasteiger partial charge in [-0.3, -0.25) is 0 Å². The van der Waals surface area contributed by atoms with Gasteiger partial charge in [0.05, 0.1) is 8.07 Å². The summed E-state index contributed by atoms with van der Waals surface area (Å²) in [6, 6.07) is 29.1. The van der Waals surface area contributed by atoms with Crippen molar-refractivity contribution in [1.29, 1.82) is 0 Å². The molecule has 0 heterocycles. The van der Waals surface area contributed by atoms with Gasteiger partial charge in [-0.15, -0.1) is 0 Å². The molecule has 5 rings (SSSR count). The van der Waals surface area contributed by atoms with Gasteiger partial charge in [-0.2, -0.15) is 0 Å². The number of fused-ring (bicyclic) bond motifs is 2. The smallest absolute Gasteiger partial charge is 0.0758 e. The molecule has 1 heteroatoms. The molecule has 0 N–H and O–H groups in total. The standard InChI is InChI=1S/C27H26Si/c1-19-17-25(24-16-10-9-14-22(19)24)28(2,3)26-18-21-13-7-8-15-23(21)27(26)20-11-5-4-6-12-20/h4-17,25H,18H2,1-3H3. The molecule has 1 unspecified atom stereocenters. The minimum Gasteiger partial charge on any atom is -0.0758 e. The number of hydrogen-bond donors (Lipinski definition) is 0. The molecule has 3 aromatic carbocycles. The van der Waals surface area contributed by atoms with Gasteiger partial charge >= 0.3 is 0 Å². The highest BCUT2D eigenvalue weighted by atomic mass is 28.3. The Balaban J connectivity index is 1.71. The highest BCUT2D eigenvalue weighted by Crippen LogP contribution is 2.49. The van der Waals surface area contributed by atoms with Crippen LogP contribution in [-0.2, 0) is 6.42 Å². The number of benzene rings is 3. The van der Waals surface area contributed by atoms with E-state index in [-0.39, 0.29) is 0 Å². The predicted octanol–water partition coefficient (Wildman–Crippen LogP) is 7.03. The van der Waals surface area contributed by atoms with Crippen molar-refractivity contribution in [3.63, 3.8) is 0 Å². The monoisotopic (exact) mass is 378 g/mol. The molecule has 0 spiro atoms. The van der Waals surface area contributed by atoms with Crippen molar-refractivity contribution in [1.82, 2.24) is 0 Å². The van der Waals surface area contributed by atoms with Gasteiger partial charge < -0.3 is 0 Å². The first-order valence-electron chi connectivity index (χ1n) is 10.2. The van der Waals surface area contributed by atoms with E-state index >= 15 is 0 Å². The fourth-order valence-electron chi connectivity index (χ4n) is 5.19. The van der Waals surface area contributed by atoms with Crippen molar-refractivity contribution < 1.29 is 0 Å². The van der Waals surface area contributed by atoms with Crippen LogP contribution in [-0.4, -0.2) is 8.07 Å². The van der Waals surface area contributed by atoms with Crippen molar-refractivity contribution in [2.75, 3.05) is 0 Å². The molecule has 0 amide bonds. The van der Waals surface area contributed by atoms with E-state index in [0.717, 1.165) is 6.42 Å². The van der Waals surface area contributed by atoms with Crippen molar-refractivity contribution >= 4 is 19.2 Å². The maximum Gasteiger partial charge on any atom is 0.0881 e. The van der Waals surface area contributed by atoms with Gasteiger partial charge in [0.2, 0.25) is 0 Å². The molecule has 2 aliphatic carbocycles. The normalized spacial score (nSPS) is 18.1. The Kier molecular flexibility index (Phi) is 4.03. The Labute approximate surface area is 169 Å². The zero-order chi connectivity index (χ0) is 19.3. The predicted molar refractivity (Wildman–Crippen MR) is 123 cm³/mol. The minimum absolute atomic E-state index is 0.548. The van der Waals surface area contributed by atoms with Crippen LogP contribution < -0.4 is 0 Å². The second-order valence-corrected chi connectivity index (χ2v) is 13.4. The van der Waals surface area contributed by atoms with E-state index in [1.54, 1.807) is 5.20 Å². The Morgan fingerprint density at radius 2 is 1.39 bits per heavy atom. The van der Waals surface area contributed by atoms with Crippen LogP contribution in [0.15, 0.2) is 90.1 Å². The quantitative estimate of drug-likeness (QED) is 0.429. The van der Waals surface area contributed by atoms with E-state index in [0.29, 0.717) is 5.54 Å². The molecule has 28 heavy (non-hydrogen) atoms. The van der Waals surface area contributed by atoms with Gasteiger partial charge in [-0.05, 0) is 52.3 Å². The van der Waals surface area contributed by atoms with Crippen LogP contribution in [0.25, 0.3) is 11.1 Å². The summed E-state index contributed by atoms with van der Waals surface area (Å²) in [5, 5.41) is 1.70. The van der Waals surface area contributed by atoms with E-state index in [4.69, 9.17) is 0 Å². The molecule has 0 saturated carbocycles. The molecule has 0 nitrogen and oxygen atoms in total. The fourth-order valence-corrected chi connectivity index (χ4v) is 8.83. The lowest BCUT2D eigenvalue weighted by atomic mass is 9.99. The van der Waals surface area contributed by atoms with Gasteiger partial charge in [0.1, 0.15) is 0 Å². The second kappa shape index (κ2) is 6.46. The summed E-state index contributed by atoms with van der Waals surface area (Å²) in [7, 11) is -1.77. The van der Waals surface area contributed by atoms with Crippen LogP contribution in [0.4, 0.5) is 0 Å². The van der Waals surface area contributed by atoms with Crippen molar-refractivity contribution in [3.05, 3.63) is 118 Å². The van der Waals surface area contributed by atoms with Crippen molar-refractivity contribution in [2.45, 2.75) is 32.0 Å². The Hall–Kier alpha value is -2.64. The Morgan fingerprint density at radius 1 is 0.750 bits per heavy atom. The molecule has 3 aromatic rings. The summed E-state index contributed by atoms with van der Waals surface area (Å²) in [5.74, 6) is 0. The van der Waals surface area contributed by atoms with E-state index in [1.807, 2.05) is 0 Å². The average molecular weight is 379 g/mol. The van der Waals surface area contributed by atoms with Gasteiger partial charge in [0.15, 0.2) is 0 Å². The van der Waals surface area contributed by atoms with Crippen LogP contribution in [0.3, 0.4) is 0 Å². The van der Waals surface area contributed by atoms with E-state index in [2.05, 4.69) is 105 Å². The van der Waals surface area contributed by atoms with Gasteiger partial charge in [0.25, 0.3) is 0 Å². The molecular weight excluding hydrogens is 352 g/mol. The summed E-state index contributed by atoms with van der Waals surface area (Å²) in [5.41, 5.74) is 10.8. The Bertz CT molecular complexity index is 1120. The maximum atomic E-state index is 2.58. The third kappa shape index (κ3) is 2.57. The summed E-state index contributed by atoms with van der Waals surface area (Å²) < 4.78 is 0. The number of rotatable bonds is 3. The van der Waals surface area contributed by atoms with Gasteiger partial charge in [-0.1, -0.05) is 103 Å². The molecule has 2 aliphatic rings. The van der Waals surface area contributed by atoms with Gasteiger partial charge in [-0.25, -0.2) is 0 Å². The van der Waals surface area contributed by atoms with E-state index < -0.39 is 8.07 Å². The van der Waals surface area contributed by atoms with E-state index in [9.17, 15) is 0 Å². The molecule has 1 atom stereocenters. The fraction of sp³-hybridized carbons (Fsp3) is 0.185. The lowest BCUT2D eigenvalue weighted by Crippen LogP contribution is -2.37. The topological polar surface area (TPSA) is 0 Å². The van der Waals surface area contributed by atoms with Crippen molar-refractivity contribution in [2.24, 2.45) is 0 Å². The molecule has 0 radical (unpaired) electrons. The van der Waals surface area contributed by atoms with Crippen LogP contribution >= 0.6 is 0 Å². The third-order valence-corrected chi connectivity index (χ3v) is 10.7. The first kappa shape index (κ1) is 17.5. The summed E-state index contributed by atoms with van der Waals surface area (Å²) in [6.07, 6.45) is 3.65. The highest BCUT2D eigenvalue weighted by Gasteiger charge is 2.42. The largest absolute Gasteiger partial charge is 0.0881 e. The van der Waals surface area contributed by atoms with Crippen LogP contribution in [0, 0.1) is 0 Å². The summed E-state index contributed by atoms with van der Waals surface area (Å²) in [6.45, 7) is 7.43. The molecule has 138 valence electrons. The van der Waals surface area contributed by atoms with Gasteiger partial charge in [0, 0.05) is 5.54 Å². The SMILES string of the molecule is CC1=CC([Si](C)(C)C2=C(c3ccccc3)c3ccccc3C2)c2ccccc21. The van der Waals surface area contributed by atoms with E-state index in [1.165, 1.54) is 39.0 Å². The van der Waals surface area contributed by atoms with Crippen LogP contribution in [0.5, 0.6) is 0 Å². The zero-order valence-electron chi connectivity index (χ0n) is 16.9.